The highest BCUT2D eigenvalue weighted by Gasteiger charge is 2.13. The van der Waals surface area contributed by atoms with Gasteiger partial charge in [0.25, 0.3) is 0 Å². The molecule has 0 aromatic heterocycles. The van der Waals surface area contributed by atoms with Crippen LogP contribution in [0.4, 0.5) is 0 Å². The second kappa shape index (κ2) is 6.91. The molecule has 4 heteroatoms. The second-order valence-electron chi connectivity index (χ2n) is 5.68. The van der Waals surface area contributed by atoms with Crippen molar-refractivity contribution in [1.29, 1.82) is 0 Å². The molecule has 122 valence electrons. The molecule has 1 heterocycles. The molecule has 1 atom stereocenters. The Morgan fingerprint density at radius 2 is 1.44 bits per heavy atom. The van der Waals surface area contributed by atoms with E-state index in [1.54, 1.807) is 0 Å². The van der Waals surface area contributed by atoms with E-state index in [4.69, 9.17) is 21.9 Å². The molecule has 1 aliphatic rings. The van der Waals surface area contributed by atoms with Gasteiger partial charge in [0, 0.05) is 5.02 Å². The van der Waals surface area contributed by atoms with Crippen LogP contribution in [0.1, 0.15) is 22.9 Å². The summed E-state index contributed by atoms with van der Waals surface area (Å²) in [4.78, 5) is 9.43. The van der Waals surface area contributed by atoms with Gasteiger partial charge >= 0.3 is 0 Å². The van der Waals surface area contributed by atoms with Gasteiger partial charge in [-0.15, -0.1) is 0 Å². The van der Waals surface area contributed by atoms with Crippen molar-refractivity contribution in [2.24, 2.45) is 9.98 Å². The Labute approximate surface area is 151 Å². The Kier molecular flexibility index (Phi) is 4.32. The molecule has 0 amide bonds. The molecule has 1 aliphatic heterocycles. The summed E-state index contributed by atoms with van der Waals surface area (Å²) in [5.41, 5.74) is 2.89. The van der Waals surface area contributed by atoms with Crippen LogP contribution in [0.3, 0.4) is 0 Å². The molecular weight excluding hydrogens is 330 g/mol. The standard InChI is InChI=1S/C21H15ClN3/c22-18-13-7-12-17(14-18)21-24-19(15-8-3-1-4-9-15)23-20(25-21)16-10-5-2-6-11-16/h1-14,19H/q-1. The minimum Gasteiger partial charge on any atom is -0.438 e. The summed E-state index contributed by atoms with van der Waals surface area (Å²) in [7, 11) is 0. The van der Waals surface area contributed by atoms with E-state index in [-0.39, 0.29) is 6.17 Å². The van der Waals surface area contributed by atoms with Crippen LogP contribution in [-0.4, -0.2) is 11.7 Å². The van der Waals surface area contributed by atoms with Crippen LogP contribution in [-0.2, 0) is 0 Å². The normalized spacial score (nSPS) is 16.6. The van der Waals surface area contributed by atoms with Crippen LogP contribution in [0, 0.1) is 0 Å². The quantitative estimate of drug-likeness (QED) is 0.591. The summed E-state index contributed by atoms with van der Waals surface area (Å²) < 4.78 is 0. The lowest BCUT2D eigenvalue weighted by Gasteiger charge is -2.32. The predicted molar refractivity (Wildman–Crippen MR) is 104 cm³/mol. The lowest BCUT2D eigenvalue weighted by molar-refractivity contribution is 0.878. The van der Waals surface area contributed by atoms with Gasteiger partial charge in [-0.1, -0.05) is 90.2 Å². The number of benzene rings is 3. The van der Waals surface area contributed by atoms with Crippen LogP contribution < -0.4 is 0 Å². The van der Waals surface area contributed by atoms with Gasteiger partial charge < -0.3 is 10.3 Å². The summed E-state index contributed by atoms with van der Waals surface area (Å²) in [6.45, 7) is 0. The zero-order chi connectivity index (χ0) is 17.1. The maximum Gasteiger partial charge on any atom is 0.0822 e. The van der Waals surface area contributed by atoms with Gasteiger partial charge in [0.05, 0.1) is 12.0 Å². The Morgan fingerprint density at radius 1 is 0.760 bits per heavy atom. The third kappa shape index (κ3) is 3.47. The Morgan fingerprint density at radius 3 is 2.16 bits per heavy atom. The first-order valence-electron chi connectivity index (χ1n) is 8.03. The maximum atomic E-state index is 6.14. The molecule has 3 aromatic carbocycles. The number of hydrogen-bond acceptors (Lipinski definition) is 2. The van der Waals surface area contributed by atoms with Crippen molar-refractivity contribution in [2.75, 3.05) is 0 Å². The van der Waals surface area contributed by atoms with Gasteiger partial charge in [-0.25, -0.2) is 0 Å². The molecule has 25 heavy (non-hydrogen) atoms. The Hall–Kier alpha value is -2.91. The SMILES string of the molecule is Clc1cccc(C2=NC(c3ccccc3)=NC(c3ccccc3)[N-]2)c1. The van der Waals surface area contributed by atoms with E-state index in [0.717, 1.165) is 16.7 Å². The summed E-state index contributed by atoms with van der Waals surface area (Å²) in [5, 5.41) is 5.41. The average molecular weight is 345 g/mol. The van der Waals surface area contributed by atoms with Crippen molar-refractivity contribution in [1.82, 2.24) is 0 Å². The molecular formula is C21H15ClN3-. The Balaban J connectivity index is 1.79. The highest BCUT2D eigenvalue weighted by atomic mass is 35.5. The number of rotatable bonds is 3. The third-order valence-electron chi connectivity index (χ3n) is 3.91. The number of halogens is 1. The highest BCUT2D eigenvalue weighted by molar-refractivity contribution is 6.31. The topological polar surface area (TPSA) is 38.8 Å². The number of aliphatic imine (C=N–C) groups is 2. The first-order valence-corrected chi connectivity index (χ1v) is 8.41. The van der Waals surface area contributed by atoms with Gasteiger partial charge in [-0.3, -0.25) is 4.99 Å². The first-order chi connectivity index (χ1) is 12.3. The van der Waals surface area contributed by atoms with Crippen molar-refractivity contribution in [2.45, 2.75) is 6.17 Å². The van der Waals surface area contributed by atoms with Gasteiger partial charge in [0.2, 0.25) is 0 Å². The fourth-order valence-electron chi connectivity index (χ4n) is 2.69. The average Bonchev–Trinajstić information content (AvgIpc) is 2.69. The van der Waals surface area contributed by atoms with E-state index < -0.39 is 0 Å². The Bertz CT molecular complexity index is 934. The lowest BCUT2D eigenvalue weighted by Crippen LogP contribution is -2.15. The molecule has 0 fully saturated rings. The minimum atomic E-state index is -0.317. The van der Waals surface area contributed by atoms with E-state index in [0.29, 0.717) is 16.7 Å². The van der Waals surface area contributed by atoms with Gasteiger partial charge in [-0.05, 0) is 28.8 Å². The van der Waals surface area contributed by atoms with E-state index >= 15 is 0 Å². The number of amidine groups is 2. The number of hydrogen-bond donors (Lipinski definition) is 0. The van der Waals surface area contributed by atoms with Crippen LogP contribution in [0.2, 0.25) is 5.02 Å². The molecule has 0 spiro atoms. The highest BCUT2D eigenvalue weighted by Crippen LogP contribution is 2.31. The largest absolute Gasteiger partial charge is 0.438 e. The molecule has 1 unspecified atom stereocenters. The van der Waals surface area contributed by atoms with Crippen LogP contribution in [0.15, 0.2) is 94.9 Å². The van der Waals surface area contributed by atoms with Crippen molar-refractivity contribution < 1.29 is 0 Å². The van der Waals surface area contributed by atoms with Gasteiger partial charge in [0.1, 0.15) is 0 Å². The van der Waals surface area contributed by atoms with E-state index in [2.05, 4.69) is 4.99 Å². The number of nitrogens with zero attached hydrogens (tertiary/aromatic N) is 3. The fraction of sp³-hybridized carbons (Fsp3) is 0.0476. The zero-order valence-corrected chi connectivity index (χ0v) is 14.1. The minimum absolute atomic E-state index is 0.317. The summed E-state index contributed by atoms with van der Waals surface area (Å²) in [6.07, 6.45) is -0.317. The second-order valence-corrected chi connectivity index (χ2v) is 6.11. The fourth-order valence-corrected chi connectivity index (χ4v) is 2.88. The lowest BCUT2D eigenvalue weighted by atomic mass is 10.1. The van der Waals surface area contributed by atoms with Gasteiger partial charge in [-0.2, -0.15) is 0 Å². The smallest absolute Gasteiger partial charge is 0.0822 e. The molecule has 3 nitrogen and oxygen atoms in total. The summed E-state index contributed by atoms with van der Waals surface area (Å²) >= 11 is 6.14. The van der Waals surface area contributed by atoms with E-state index in [1.165, 1.54) is 0 Å². The monoisotopic (exact) mass is 344 g/mol. The van der Waals surface area contributed by atoms with E-state index in [9.17, 15) is 0 Å². The maximum absolute atomic E-state index is 6.14. The molecule has 0 saturated heterocycles. The molecule has 0 bridgehead atoms. The summed E-state index contributed by atoms with van der Waals surface area (Å²) in [5.74, 6) is 1.32. The van der Waals surface area contributed by atoms with E-state index in [1.807, 2.05) is 84.9 Å². The van der Waals surface area contributed by atoms with Crippen LogP contribution in [0.25, 0.3) is 5.32 Å². The van der Waals surface area contributed by atoms with Crippen molar-refractivity contribution in [3.63, 3.8) is 0 Å². The zero-order valence-electron chi connectivity index (χ0n) is 13.4. The summed E-state index contributed by atoms with van der Waals surface area (Å²) in [6, 6.07) is 27.6. The molecule has 0 N–H and O–H groups in total. The predicted octanol–water partition coefficient (Wildman–Crippen LogP) is 5.62. The third-order valence-corrected chi connectivity index (χ3v) is 4.15. The van der Waals surface area contributed by atoms with Crippen molar-refractivity contribution in [3.8, 4) is 0 Å². The molecule has 0 aliphatic carbocycles. The van der Waals surface area contributed by atoms with Crippen LogP contribution in [0.5, 0.6) is 0 Å². The molecule has 4 rings (SSSR count). The molecule has 0 saturated carbocycles. The van der Waals surface area contributed by atoms with Crippen molar-refractivity contribution >= 4 is 23.3 Å². The van der Waals surface area contributed by atoms with Gasteiger partial charge in [0.15, 0.2) is 0 Å². The molecule has 0 radical (unpaired) electrons. The van der Waals surface area contributed by atoms with Crippen molar-refractivity contribution in [3.05, 3.63) is 112 Å². The molecule has 3 aromatic rings. The first kappa shape index (κ1) is 15.6. The van der Waals surface area contributed by atoms with Crippen LogP contribution >= 0.6 is 11.6 Å².